The number of carbonyl (C=O) groups excluding carboxylic acids is 1. The Kier molecular flexibility index (Phi) is 5.55. The fourth-order valence-electron chi connectivity index (χ4n) is 2.75. The third kappa shape index (κ3) is 4.09. The van der Waals surface area contributed by atoms with E-state index in [4.69, 9.17) is 10.5 Å². The Morgan fingerprint density at radius 1 is 1.25 bits per heavy atom. The van der Waals surface area contributed by atoms with Crippen LogP contribution in [0.2, 0.25) is 0 Å². The molecule has 1 amide bonds. The number of fused-ring (bicyclic) bond motifs is 1. The lowest BCUT2D eigenvalue weighted by Crippen LogP contribution is -2.25. The molecule has 0 aliphatic carbocycles. The molecule has 0 atom stereocenters. The van der Waals surface area contributed by atoms with E-state index in [1.54, 1.807) is 18.2 Å². The minimum atomic E-state index is -4.43. The molecule has 148 valence electrons. The third-order valence-corrected chi connectivity index (χ3v) is 4.19. The fourth-order valence-corrected chi connectivity index (χ4v) is 2.75. The minimum Gasteiger partial charge on any atom is -0.496 e. The fraction of sp³-hybridized carbons (Fsp3) is 0.263. The third-order valence-electron chi connectivity index (χ3n) is 4.19. The molecule has 0 fully saturated rings. The summed E-state index contributed by atoms with van der Waals surface area (Å²) in [6, 6.07) is 8.10. The summed E-state index contributed by atoms with van der Waals surface area (Å²) in [5.41, 5.74) is 6.23. The zero-order valence-corrected chi connectivity index (χ0v) is 15.1. The number of carbonyl (C=O) groups is 1. The standard InChI is InChI=1S/C19H19F3N4O2/c1-28-16-9-11(18(27)24-8-2-7-23)3-5-13(16)17-25-14-6-4-12(19(20,21)22)10-15(14)26-17/h3-6,9-10H,2,7-8,23H2,1H3,(H,24,27)(H,25,26). The largest absolute Gasteiger partial charge is 0.496 e. The Morgan fingerprint density at radius 3 is 2.71 bits per heavy atom. The van der Waals surface area contributed by atoms with Gasteiger partial charge in [0.05, 0.1) is 29.3 Å². The van der Waals surface area contributed by atoms with Gasteiger partial charge in [-0.1, -0.05) is 0 Å². The number of rotatable bonds is 6. The van der Waals surface area contributed by atoms with Crippen molar-refractivity contribution in [3.05, 3.63) is 47.5 Å². The molecule has 4 N–H and O–H groups in total. The number of benzene rings is 2. The molecular formula is C19H19F3N4O2. The van der Waals surface area contributed by atoms with Crippen LogP contribution in [-0.2, 0) is 6.18 Å². The summed E-state index contributed by atoms with van der Waals surface area (Å²) in [5, 5.41) is 2.75. The van der Waals surface area contributed by atoms with Crippen molar-refractivity contribution in [2.24, 2.45) is 5.73 Å². The second-order valence-electron chi connectivity index (χ2n) is 6.13. The molecule has 2 aromatic carbocycles. The molecule has 0 spiro atoms. The molecule has 0 aliphatic heterocycles. The van der Waals surface area contributed by atoms with Gasteiger partial charge in [0.25, 0.3) is 5.91 Å². The number of aromatic nitrogens is 2. The van der Waals surface area contributed by atoms with Gasteiger partial charge >= 0.3 is 6.18 Å². The van der Waals surface area contributed by atoms with Crippen molar-refractivity contribution in [3.63, 3.8) is 0 Å². The second-order valence-corrected chi connectivity index (χ2v) is 6.13. The van der Waals surface area contributed by atoms with Crippen molar-refractivity contribution in [1.82, 2.24) is 15.3 Å². The second kappa shape index (κ2) is 7.89. The number of methoxy groups -OCH3 is 1. The average molecular weight is 392 g/mol. The monoisotopic (exact) mass is 392 g/mol. The van der Waals surface area contributed by atoms with Gasteiger partial charge in [0.2, 0.25) is 0 Å². The number of nitrogens with zero attached hydrogens (tertiary/aromatic N) is 1. The zero-order valence-electron chi connectivity index (χ0n) is 15.1. The van der Waals surface area contributed by atoms with Crippen molar-refractivity contribution in [2.75, 3.05) is 20.2 Å². The first-order chi connectivity index (χ1) is 13.3. The van der Waals surface area contributed by atoms with Crippen LogP contribution in [0, 0.1) is 0 Å². The molecule has 3 aromatic rings. The molecule has 9 heteroatoms. The van der Waals surface area contributed by atoms with Crippen LogP contribution in [-0.4, -0.2) is 36.1 Å². The highest BCUT2D eigenvalue weighted by molar-refractivity contribution is 5.95. The van der Waals surface area contributed by atoms with Crippen LogP contribution in [0.1, 0.15) is 22.3 Å². The van der Waals surface area contributed by atoms with Crippen LogP contribution >= 0.6 is 0 Å². The average Bonchev–Trinajstić information content (AvgIpc) is 3.10. The van der Waals surface area contributed by atoms with Crippen LogP contribution < -0.4 is 15.8 Å². The van der Waals surface area contributed by atoms with E-state index in [1.807, 2.05) is 0 Å². The van der Waals surface area contributed by atoms with Crippen LogP contribution in [0.5, 0.6) is 5.75 Å². The van der Waals surface area contributed by atoms with Gasteiger partial charge in [-0.05, 0) is 49.4 Å². The number of imidazole rings is 1. The number of nitrogens with one attached hydrogen (secondary N) is 2. The van der Waals surface area contributed by atoms with Crippen LogP contribution in [0.4, 0.5) is 13.2 Å². The topological polar surface area (TPSA) is 93.0 Å². The Labute approximate surface area is 158 Å². The maximum absolute atomic E-state index is 12.9. The molecule has 0 bridgehead atoms. The molecule has 0 radical (unpaired) electrons. The van der Waals surface area contributed by atoms with E-state index in [2.05, 4.69) is 15.3 Å². The van der Waals surface area contributed by atoms with Crippen molar-refractivity contribution >= 4 is 16.9 Å². The van der Waals surface area contributed by atoms with E-state index in [1.165, 1.54) is 13.2 Å². The van der Waals surface area contributed by atoms with E-state index in [0.29, 0.717) is 47.7 Å². The molecule has 0 aliphatic rings. The first-order valence-corrected chi connectivity index (χ1v) is 8.57. The van der Waals surface area contributed by atoms with Crippen molar-refractivity contribution in [3.8, 4) is 17.1 Å². The van der Waals surface area contributed by atoms with Gasteiger partial charge in [0.1, 0.15) is 11.6 Å². The molecule has 1 heterocycles. The number of aromatic amines is 1. The summed E-state index contributed by atoms with van der Waals surface area (Å²) in [5.74, 6) is 0.459. The minimum absolute atomic E-state index is 0.260. The lowest BCUT2D eigenvalue weighted by atomic mass is 10.1. The van der Waals surface area contributed by atoms with Crippen LogP contribution in [0.15, 0.2) is 36.4 Å². The zero-order chi connectivity index (χ0) is 20.3. The SMILES string of the molecule is COc1cc(C(=O)NCCCN)ccc1-c1nc2ccc(C(F)(F)F)cc2[nH]1. The van der Waals surface area contributed by atoms with Gasteiger partial charge in [0, 0.05) is 12.1 Å². The molecule has 6 nitrogen and oxygen atoms in total. The highest BCUT2D eigenvalue weighted by Crippen LogP contribution is 2.33. The summed E-state index contributed by atoms with van der Waals surface area (Å²) >= 11 is 0. The smallest absolute Gasteiger partial charge is 0.416 e. The molecule has 0 saturated carbocycles. The summed E-state index contributed by atoms with van der Waals surface area (Å²) < 4.78 is 44.0. The lowest BCUT2D eigenvalue weighted by Gasteiger charge is -2.09. The molecule has 1 aromatic heterocycles. The normalized spacial score (nSPS) is 11.6. The summed E-state index contributed by atoms with van der Waals surface area (Å²) in [7, 11) is 1.44. The molecule has 0 unspecified atom stereocenters. The number of hydrogen-bond donors (Lipinski definition) is 3. The van der Waals surface area contributed by atoms with Gasteiger partial charge in [-0.3, -0.25) is 4.79 Å². The Bertz CT molecular complexity index is 998. The van der Waals surface area contributed by atoms with E-state index in [-0.39, 0.29) is 11.4 Å². The maximum atomic E-state index is 12.9. The molecule has 0 saturated heterocycles. The molecule has 3 rings (SSSR count). The summed E-state index contributed by atoms with van der Waals surface area (Å²) in [6.07, 6.45) is -3.77. The van der Waals surface area contributed by atoms with E-state index < -0.39 is 11.7 Å². The van der Waals surface area contributed by atoms with Gasteiger partial charge in [0.15, 0.2) is 0 Å². The van der Waals surface area contributed by atoms with Crippen LogP contribution in [0.3, 0.4) is 0 Å². The number of alkyl halides is 3. The molecule has 28 heavy (non-hydrogen) atoms. The van der Waals surface area contributed by atoms with Crippen molar-refractivity contribution < 1.29 is 22.7 Å². The Morgan fingerprint density at radius 2 is 2.04 bits per heavy atom. The van der Waals surface area contributed by atoms with Crippen molar-refractivity contribution in [2.45, 2.75) is 12.6 Å². The first kappa shape index (κ1) is 19.7. The summed E-state index contributed by atoms with van der Waals surface area (Å²) in [6.45, 7) is 0.940. The van der Waals surface area contributed by atoms with Gasteiger partial charge in [-0.25, -0.2) is 4.98 Å². The predicted molar refractivity (Wildman–Crippen MR) is 99.1 cm³/mol. The number of nitrogens with two attached hydrogens (primary N) is 1. The Hall–Kier alpha value is -3.07. The number of H-pyrrole nitrogens is 1. The van der Waals surface area contributed by atoms with E-state index in [9.17, 15) is 18.0 Å². The van der Waals surface area contributed by atoms with E-state index in [0.717, 1.165) is 12.1 Å². The summed E-state index contributed by atoms with van der Waals surface area (Å²) in [4.78, 5) is 19.4. The number of amides is 1. The lowest BCUT2D eigenvalue weighted by molar-refractivity contribution is -0.137. The van der Waals surface area contributed by atoms with Crippen LogP contribution in [0.25, 0.3) is 22.4 Å². The van der Waals surface area contributed by atoms with Gasteiger partial charge in [-0.2, -0.15) is 13.2 Å². The highest BCUT2D eigenvalue weighted by Gasteiger charge is 2.30. The number of ether oxygens (including phenoxy) is 1. The van der Waals surface area contributed by atoms with E-state index >= 15 is 0 Å². The van der Waals surface area contributed by atoms with Gasteiger partial charge in [-0.15, -0.1) is 0 Å². The molecular weight excluding hydrogens is 373 g/mol. The van der Waals surface area contributed by atoms with Gasteiger partial charge < -0.3 is 20.8 Å². The maximum Gasteiger partial charge on any atom is 0.416 e. The number of hydrogen-bond acceptors (Lipinski definition) is 4. The Balaban J connectivity index is 1.93. The number of halogens is 3. The quantitative estimate of drug-likeness (QED) is 0.561. The van der Waals surface area contributed by atoms with Crippen molar-refractivity contribution in [1.29, 1.82) is 0 Å². The first-order valence-electron chi connectivity index (χ1n) is 8.57. The highest BCUT2D eigenvalue weighted by atomic mass is 19.4. The predicted octanol–water partition coefficient (Wildman–Crippen LogP) is 3.34.